The summed E-state index contributed by atoms with van der Waals surface area (Å²) < 4.78 is 17.1. The second kappa shape index (κ2) is 6.92. The smallest absolute Gasteiger partial charge is 0.282 e. The third-order valence-corrected chi connectivity index (χ3v) is 4.65. The summed E-state index contributed by atoms with van der Waals surface area (Å²) in [5, 5.41) is 4.82. The third-order valence-electron chi connectivity index (χ3n) is 4.16. The summed E-state index contributed by atoms with van der Waals surface area (Å²) in [5.41, 5.74) is 1.94. The van der Waals surface area contributed by atoms with Crippen molar-refractivity contribution >= 4 is 33.0 Å². The zero-order valence-corrected chi connectivity index (χ0v) is 15.9. The number of benzene rings is 2. The molecule has 2 heterocycles. The summed E-state index contributed by atoms with van der Waals surface area (Å²) in [6.07, 6.45) is 3.43. The van der Waals surface area contributed by atoms with Crippen molar-refractivity contribution in [1.82, 2.24) is 14.2 Å². The van der Waals surface area contributed by atoms with Crippen LogP contribution in [-0.4, -0.2) is 20.4 Å². The number of rotatable bonds is 3. The average Bonchev–Trinajstić information content (AvgIpc) is 3.11. The topological polar surface area (TPSA) is 52.2 Å². The largest absolute Gasteiger partial charge is 0.316 e. The maximum absolute atomic E-state index is 13.2. The Morgan fingerprint density at radius 1 is 1.15 bits per heavy atom. The van der Waals surface area contributed by atoms with Crippen molar-refractivity contribution in [3.63, 3.8) is 0 Å². The number of aromatic nitrogens is 3. The summed E-state index contributed by atoms with van der Waals surface area (Å²) in [4.78, 5) is 17.2. The van der Waals surface area contributed by atoms with E-state index in [4.69, 9.17) is 0 Å². The summed E-state index contributed by atoms with van der Waals surface area (Å²) in [7, 11) is 0. The minimum atomic E-state index is -0.295. The van der Waals surface area contributed by atoms with Gasteiger partial charge in [0.15, 0.2) is 0 Å². The fourth-order valence-corrected chi connectivity index (χ4v) is 3.21. The van der Waals surface area contributed by atoms with E-state index in [2.05, 4.69) is 26.0 Å². The van der Waals surface area contributed by atoms with Gasteiger partial charge in [-0.2, -0.15) is 9.78 Å². The minimum Gasteiger partial charge on any atom is -0.316 e. The van der Waals surface area contributed by atoms with Crippen molar-refractivity contribution in [3.8, 4) is 5.69 Å². The predicted octanol–water partition coefficient (Wildman–Crippen LogP) is 4.28. The van der Waals surface area contributed by atoms with Crippen LogP contribution in [0.1, 0.15) is 11.5 Å². The van der Waals surface area contributed by atoms with Gasteiger partial charge in [-0.25, -0.2) is 9.37 Å². The molecule has 0 unspecified atom stereocenters. The van der Waals surface area contributed by atoms with E-state index in [0.29, 0.717) is 16.7 Å². The minimum absolute atomic E-state index is 0.241. The van der Waals surface area contributed by atoms with Gasteiger partial charge in [0.2, 0.25) is 0 Å². The van der Waals surface area contributed by atoms with Crippen molar-refractivity contribution in [2.24, 2.45) is 5.10 Å². The molecule has 0 N–H and O–H groups in total. The van der Waals surface area contributed by atoms with Crippen molar-refractivity contribution in [1.29, 1.82) is 0 Å². The Morgan fingerprint density at radius 2 is 1.93 bits per heavy atom. The molecular weight excluding hydrogens is 411 g/mol. The van der Waals surface area contributed by atoms with Gasteiger partial charge in [-0.1, -0.05) is 15.9 Å². The molecule has 134 valence electrons. The zero-order valence-electron chi connectivity index (χ0n) is 14.3. The molecular formula is C20H14BrFN4O. The Bertz CT molecular complexity index is 1230. The first-order valence-corrected chi connectivity index (χ1v) is 8.99. The Balaban J connectivity index is 1.77. The fourth-order valence-electron chi connectivity index (χ4n) is 2.85. The lowest BCUT2D eigenvalue weighted by Crippen LogP contribution is -2.20. The summed E-state index contributed by atoms with van der Waals surface area (Å²) in [5.74, 6) is 0.197. The lowest BCUT2D eigenvalue weighted by atomic mass is 10.2. The van der Waals surface area contributed by atoms with Crippen LogP contribution in [0.3, 0.4) is 0 Å². The standard InChI is InChI=1S/C20H14BrFN4O/c1-13-24-19-9-4-14(21)11-18(19)20(27)26(13)23-12-17-3-2-10-25(17)16-7-5-15(22)6-8-16/h2-12H,1H3. The van der Waals surface area contributed by atoms with Crippen LogP contribution in [0.5, 0.6) is 0 Å². The Morgan fingerprint density at radius 3 is 2.70 bits per heavy atom. The Hall–Kier alpha value is -3.06. The first-order chi connectivity index (χ1) is 13.0. The molecule has 0 radical (unpaired) electrons. The number of hydrogen-bond donors (Lipinski definition) is 0. The van der Waals surface area contributed by atoms with Crippen LogP contribution < -0.4 is 5.56 Å². The van der Waals surface area contributed by atoms with E-state index >= 15 is 0 Å². The second-order valence-corrected chi connectivity index (χ2v) is 6.88. The lowest BCUT2D eigenvalue weighted by molar-refractivity contribution is 0.627. The maximum atomic E-state index is 13.2. The van der Waals surface area contributed by atoms with E-state index < -0.39 is 0 Å². The molecule has 0 amide bonds. The molecule has 7 heteroatoms. The normalized spacial score (nSPS) is 11.5. The van der Waals surface area contributed by atoms with Gasteiger partial charge < -0.3 is 4.57 Å². The summed E-state index contributed by atoms with van der Waals surface area (Å²) in [6.45, 7) is 1.74. The van der Waals surface area contributed by atoms with Crippen LogP contribution in [0, 0.1) is 12.7 Å². The highest BCUT2D eigenvalue weighted by Crippen LogP contribution is 2.16. The summed E-state index contributed by atoms with van der Waals surface area (Å²) in [6, 6.07) is 15.2. The van der Waals surface area contributed by atoms with Gasteiger partial charge >= 0.3 is 0 Å². The summed E-state index contributed by atoms with van der Waals surface area (Å²) >= 11 is 3.38. The molecule has 0 spiro atoms. The molecule has 0 aliphatic heterocycles. The number of halogens is 2. The van der Waals surface area contributed by atoms with Crippen LogP contribution in [-0.2, 0) is 0 Å². The third kappa shape index (κ3) is 3.33. The Labute approximate surface area is 162 Å². The van der Waals surface area contributed by atoms with Crippen molar-refractivity contribution in [2.75, 3.05) is 0 Å². The molecule has 2 aromatic carbocycles. The predicted molar refractivity (Wildman–Crippen MR) is 107 cm³/mol. The van der Waals surface area contributed by atoms with E-state index in [1.807, 2.05) is 29.0 Å². The van der Waals surface area contributed by atoms with Crippen LogP contribution in [0.2, 0.25) is 0 Å². The maximum Gasteiger partial charge on any atom is 0.282 e. The lowest BCUT2D eigenvalue weighted by Gasteiger charge is -2.08. The molecule has 0 aliphatic rings. The number of hydrogen-bond acceptors (Lipinski definition) is 3. The highest BCUT2D eigenvalue weighted by Gasteiger charge is 2.08. The van der Waals surface area contributed by atoms with Crippen molar-refractivity contribution in [2.45, 2.75) is 6.92 Å². The van der Waals surface area contributed by atoms with Gasteiger partial charge in [0.1, 0.15) is 11.6 Å². The van der Waals surface area contributed by atoms with Crippen LogP contribution in [0.4, 0.5) is 4.39 Å². The van der Waals surface area contributed by atoms with E-state index in [9.17, 15) is 9.18 Å². The van der Waals surface area contributed by atoms with Gasteiger partial charge in [0, 0.05) is 16.4 Å². The first-order valence-electron chi connectivity index (χ1n) is 8.19. The van der Waals surface area contributed by atoms with Crippen LogP contribution in [0.15, 0.2) is 75.2 Å². The second-order valence-electron chi connectivity index (χ2n) is 5.96. The van der Waals surface area contributed by atoms with Gasteiger partial charge in [-0.15, -0.1) is 0 Å². The van der Waals surface area contributed by atoms with Crippen LogP contribution >= 0.6 is 15.9 Å². The van der Waals surface area contributed by atoms with E-state index in [-0.39, 0.29) is 11.4 Å². The van der Waals surface area contributed by atoms with Gasteiger partial charge in [-0.05, 0) is 61.5 Å². The molecule has 4 rings (SSSR count). The molecule has 0 bridgehead atoms. The Kier molecular flexibility index (Phi) is 4.45. The number of fused-ring (bicyclic) bond motifs is 1. The molecule has 2 aromatic heterocycles. The van der Waals surface area contributed by atoms with Gasteiger partial charge in [0.05, 0.1) is 22.8 Å². The van der Waals surface area contributed by atoms with Gasteiger partial charge in [0.25, 0.3) is 5.56 Å². The van der Waals surface area contributed by atoms with E-state index in [0.717, 1.165) is 15.9 Å². The highest BCUT2D eigenvalue weighted by molar-refractivity contribution is 9.10. The monoisotopic (exact) mass is 424 g/mol. The van der Waals surface area contributed by atoms with E-state index in [1.165, 1.54) is 16.8 Å². The molecule has 4 aromatic rings. The molecule has 27 heavy (non-hydrogen) atoms. The highest BCUT2D eigenvalue weighted by atomic mass is 79.9. The SMILES string of the molecule is Cc1nc2ccc(Br)cc2c(=O)n1N=Cc1cccn1-c1ccc(F)cc1. The fraction of sp³-hybridized carbons (Fsp3) is 0.0500. The van der Waals surface area contributed by atoms with E-state index in [1.54, 1.807) is 37.4 Å². The van der Waals surface area contributed by atoms with Crippen LogP contribution in [0.25, 0.3) is 16.6 Å². The van der Waals surface area contributed by atoms with Gasteiger partial charge in [-0.3, -0.25) is 4.79 Å². The molecule has 5 nitrogen and oxygen atoms in total. The molecule has 0 atom stereocenters. The van der Waals surface area contributed by atoms with Crippen molar-refractivity contribution < 1.29 is 4.39 Å². The first kappa shape index (κ1) is 17.4. The molecule has 0 saturated heterocycles. The number of nitrogens with zero attached hydrogens (tertiary/aromatic N) is 4. The quantitative estimate of drug-likeness (QED) is 0.460. The molecule has 0 saturated carbocycles. The molecule has 0 fully saturated rings. The number of aryl methyl sites for hydroxylation is 1. The average molecular weight is 425 g/mol. The van der Waals surface area contributed by atoms with Crippen molar-refractivity contribution in [3.05, 3.63) is 93.0 Å². The molecule has 0 aliphatic carbocycles. The zero-order chi connectivity index (χ0) is 19.0.